The number of hydrogen-bond acceptors (Lipinski definition) is 5. The topological polar surface area (TPSA) is 72.8 Å². The fourth-order valence-electron chi connectivity index (χ4n) is 1.30. The van der Waals surface area contributed by atoms with Crippen molar-refractivity contribution in [2.45, 2.75) is 39.4 Å². The van der Waals surface area contributed by atoms with Gasteiger partial charge in [-0.25, -0.2) is 9.59 Å². The second kappa shape index (κ2) is 4.18. The van der Waals surface area contributed by atoms with E-state index in [-0.39, 0.29) is 13.0 Å². The van der Waals surface area contributed by atoms with Gasteiger partial charge in [0.25, 0.3) is 0 Å². The van der Waals surface area contributed by atoms with E-state index in [4.69, 9.17) is 9.47 Å². The van der Waals surface area contributed by atoms with E-state index >= 15 is 0 Å². The Morgan fingerprint density at radius 3 is 2.73 bits per heavy atom. The lowest BCUT2D eigenvalue weighted by molar-refractivity contribution is -0.169. The summed E-state index contributed by atoms with van der Waals surface area (Å²) in [5.74, 6) is -1.31. The largest absolute Gasteiger partial charge is 0.462 e. The molecule has 0 aromatic rings. The first-order chi connectivity index (χ1) is 6.88. The molecule has 0 radical (unpaired) electrons. The molecule has 1 saturated heterocycles. The molecule has 1 rings (SSSR count). The predicted molar refractivity (Wildman–Crippen MR) is 50.9 cm³/mol. The van der Waals surface area contributed by atoms with E-state index in [1.165, 1.54) is 0 Å². The van der Waals surface area contributed by atoms with Crippen molar-refractivity contribution in [3.05, 3.63) is 0 Å². The average Bonchev–Trinajstić information content (AvgIpc) is 2.43. The standard InChI is InChI=1S/C10H16O5/c1-4-6(11)8(12)15-7-9(13)14-5-10(7,2)3/h6-7,11H,4-5H2,1-3H3/t6-,7-/m0/s1. The number of carbonyl (C=O) groups is 2. The van der Waals surface area contributed by atoms with E-state index in [0.717, 1.165) is 0 Å². The van der Waals surface area contributed by atoms with E-state index in [0.29, 0.717) is 0 Å². The van der Waals surface area contributed by atoms with E-state index in [2.05, 4.69) is 0 Å². The van der Waals surface area contributed by atoms with Gasteiger partial charge in [-0.2, -0.15) is 0 Å². The average molecular weight is 216 g/mol. The highest BCUT2D eigenvalue weighted by atomic mass is 16.6. The third kappa shape index (κ3) is 2.47. The van der Waals surface area contributed by atoms with E-state index in [1.54, 1.807) is 20.8 Å². The van der Waals surface area contributed by atoms with E-state index in [1.807, 2.05) is 0 Å². The summed E-state index contributed by atoms with van der Waals surface area (Å²) in [5, 5.41) is 9.22. The van der Waals surface area contributed by atoms with Crippen LogP contribution in [0.3, 0.4) is 0 Å². The molecule has 0 aromatic carbocycles. The molecule has 0 aliphatic carbocycles. The van der Waals surface area contributed by atoms with Gasteiger partial charge in [-0.05, 0) is 6.42 Å². The third-order valence-corrected chi connectivity index (χ3v) is 2.40. The molecular weight excluding hydrogens is 200 g/mol. The third-order valence-electron chi connectivity index (χ3n) is 2.40. The van der Waals surface area contributed by atoms with Gasteiger partial charge in [0.1, 0.15) is 6.61 Å². The molecule has 5 heteroatoms. The Bertz CT molecular complexity index is 271. The number of esters is 2. The zero-order chi connectivity index (χ0) is 11.6. The number of cyclic esters (lactones) is 1. The monoisotopic (exact) mass is 216 g/mol. The quantitative estimate of drug-likeness (QED) is 0.685. The molecule has 2 atom stereocenters. The molecule has 1 N–H and O–H groups in total. The van der Waals surface area contributed by atoms with Gasteiger partial charge >= 0.3 is 11.9 Å². The molecule has 1 aliphatic heterocycles. The first kappa shape index (κ1) is 12.0. The van der Waals surface area contributed by atoms with Crippen LogP contribution in [0.1, 0.15) is 27.2 Å². The fourth-order valence-corrected chi connectivity index (χ4v) is 1.30. The summed E-state index contributed by atoms with van der Waals surface area (Å²) in [6, 6.07) is 0. The normalized spacial score (nSPS) is 25.9. The van der Waals surface area contributed by atoms with Gasteiger partial charge < -0.3 is 14.6 Å². The number of aliphatic hydroxyl groups is 1. The lowest BCUT2D eigenvalue weighted by Gasteiger charge is -2.22. The maximum atomic E-state index is 11.3. The maximum absolute atomic E-state index is 11.3. The van der Waals surface area contributed by atoms with Crippen molar-refractivity contribution in [3.8, 4) is 0 Å². The van der Waals surface area contributed by atoms with Gasteiger partial charge in [-0.1, -0.05) is 20.8 Å². The van der Waals surface area contributed by atoms with Crippen molar-refractivity contribution in [1.82, 2.24) is 0 Å². The van der Waals surface area contributed by atoms with Crippen LogP contribution >= 0.6 is 0 Å². The molecule has 1 heterocycles. The predicted octanol–water partition coefficient (Wildman–Crippen LogP) is 0.252. The molecule has 0 amide bonds. The summed E-state index contributed by atoms with van der Waals surface area (Å²) >= 11 is 0. The van der Waals surface area contributed by atoms with Crippen molar-refractivity contribution < 1.29 is 24.2 Å². The van der Waals surface area contributed by atoms with Gasteiger partial charge in [0.15, 0.2) is 6.10 Å². The Morgan fingerprint density at radius 2 is 2.33 bits per heavy atom. The summed E-state index contributed by atoms with van der Waals surface area (Å²) in [7, 11) is 0. The first-order valence-electron chi connectivity index (χ1n) is 4.93. The highest BCUT2D eigenvalue weighted by Crippen LogP contribution is 2.31. The summed E-state index contributed by atoms with van der Waals surface area (Å²) in [6.07, 6.45) is -1.82. The summed E-state index contributed by atoms with van der Waals surface area (Å²) < 4.78 is 9.73. The zero-order valence-electron chi connectivity index (χ0n) is 9.15. The second-order valence-corrected chi connectivity index (χ2v) is 4.34. The van der Waals surface area contributed by atoms with Crippen LogP contribution < -0.4 is 0 Å². The van der Waals surface area contributed by atoms with Crippen molar-refractivity contribution in [1.29, 1.82) is 0 Å². The van der Waals surface area contributed by atoms with Crippen LogP contribution in [0, 0.1) is 5.41 Å². The lowest BCUT2D eigenvalue weighted by Crippen LogP contribution is -2.38. The summed E-state index contributed by atoms with van der Waals surface area (Å²) in [6.45, 7) is 5.43. The maximum Gasteiger partial charge on any atom is 0.348 e. The SMILES string of the molecule is CC[C@H](O)C(=O)O[C@H]1C(=O)OCC1(C)C. The van der Waals surface area contributed by atoms with Gasteiger partial charge in [0.05, 0.1) is 0 Å². The van der Waals surface area contributed by atoms with Crippen LogP contribution in [0.4, 0.5) is 0 Å². The molecule has 5 nitrogen and oxygen atoms in total. The molecule has 86 valence electrons. The first-order valence-corrected chi connectivity index (χ1v) is 4.93. The van der Waals surface area contributed by atoms with Crippen LogP contribution in [0.2, 0.25) is 0 Å². The minimum atomic E-state index is -1.17. The van der Waals surface area contributed by atoms with Crippen LogP contribution in [0.5, 0.6) is 0 Å². The van der Waals surface area contributed by atoms with Crippen molar-refractivity contribution in [2.24, 2.45) is 5.41 Å². The Balaban J connectivity index is 2.64. The lowest BCUT2D eigenvalue weighted by atomic mass is 9.90. The Hall–Kier alpha value is -1.10. The summed E-state index contributed by atoms with van der Waals surface area (Å²) in [4.78, 5) is 22.5. The Morgan fingerprint density at radius 1 is 1.73 bits per heavy atom. The van der Waals surface area contributed by atoms with Crippen molar-refractivity contribution in [2.75, 3.05) is 6.61 Å². The molecule has 0 bridgehead atoms. The van der Waals surface area contributed by atoms with E-state index in [9.17, 15) is 14.7 Å². The summed E-state index contributed by atoms with van der Waals surface area (Å²) in [5.41, 5.74) is -0.528. The highest BCUT2D eigenvalue weighted by Gasteiger charge is 2.47. The number of carbonyl (C=O) groups excluding carboxylic acids is 2. The Kier molecular flexibility index (Phi) is 3.34. The molecule has 0 spiro atoms. The van der Waals surface area contributed by atoms with Crippen molar-refractivity contribution >= 4 is 11.9 Å². The zero-order valence-corrected chi connectivity index (χ0v) is 9.15. The number of rotatable bonds is 3. The fraction of sp³-hybridized carbons (Fsp3) is 0.800. The molecule has 1 fully saturated rings. The van der Waals surface area contributed by atoms with Gasteiger partial charge in [0, 0.05) is 5.41 Å². The molecular formula is C10H16O5. The molecule has 0 saturated carbocycles. The van der Waals surface area contributed by atoms with Crippen LogP contribution in [0.15, 0.2) is 0 Å². The molecule has 15 heavy (non-hydrogen) atoms. The van der Waals surface area contributed by atoms with E-state index < -0.39 is 29.6 Å². The van der Waals surface area contributed by atoms with Gasteiger partial charge in [-0.15, -0.1) is 0 Å². The molecule has 0 unspecified atom stereocenters. The van der Waals surface area contributed by atoms with Crippen LogP contribution in [-0.2, 0) is 19.1 Å². The Labute approximate surface area is 88.4 Å². The van der Waals surface area contributed by atoms with Gasteiger partial charge in [0.2, 0.25) is 6.10 Å². The molecule has 0 aromatic heterocycles. The smallest absolute Gasteiger partial charge is 0.348 e. The van der Waals surface area contributed by atoms with Gasteiger partial charge in [-0.3, -0.25) is 0 Å². The number of ether oxygens (including phenoxy) is 2. The van der Waals surface area contributed by atoms with Crippen LogP contribution in [0.25, 0.3) is 0 Å². The molecule has 1 aliphatic rings. The number of aliphatic hydroxyl groups excluding tert-OH is 1. The minimum absolute atomic E-state index is 0.228. The highest BCUT2D eigenvalue weighted by molar-refractivity contribution is 5.83. The van der Waals surface area contributed by atoms with Crippen LogP contribution in [-0.4, -0.2) is 35.9 Å². The second-order valence-electron chi connectivity index (χ2n) is 4.34. The minimum Gasteiger partial charge on any atom is -0.462 e. The van der Waals surface area contributed by atoms with Crippen molar-refractivity contribution in [3.63, 3.8) is 0 Å². The number of hydrogen-bond donors (Lipinski definition) is 1.